The van der Waals surface area contributed by atoms with Crippen LogP contribution in [-0.2, 0) is 9.53 Å². The number of carbonyl (C=O) groups excluding carboxylic acids is 1. The van der Waals surface area contributed by atoms with Crippen molar-refractivity contribution in [1.82, 2.24) is 5.32 Å². The average molecular weight is 257 g/mol. The van der Waals surface area contributed by atoms with Gasteiger partial charge in [0, 0.05) is 12.6 Å². The highest BCUT2D eigenvalue weighted by atomic mass is 16.5. The second-order valence-electron chi connectivity index (χ2n) is 5.52. The third-order valence-electron chi connectivity index (χ3n) is 3.73. The number of rotatable bonds is 6. The fourth-order valence-corrected chi connectivity index (χ4v) is 2.32. The number of aliphatic hydroxyl groups excluding tert-OH is 1. The number of esters is 1. The van der Waals surface area contributed by atoms with Gasteiger partial charge in [-0.15, -0.1) is 0 Å². The summed E-state index contributed by atoms with van der Waals surface area (Å²) in [4.78, 5) is 11.6. The van der Waals surface area contributed by atoms with Gasteiger partial charge >= 0.3 is 5.97 Å². The molecular weight excluding hydrogens is 230 g/mol. The molecule has 1 rings (SSSR count). The zero-order chi connectivity index (χ0) is 13.5. The summed E-state index contributed by atoms with van der Waals surface area (Å²) in [6.45, 7) is 7.00. The summed E-state index contributed by atoms with van der Waals surface area (Å²) in [5.41, 5.74) is 0. The number of aliphatic hydroxyl groups is 1. The first-order chi connectivity index (χ1) is 8.54. The molecule has 1 fully saturated rings. The quantitative estimate of drug-likeness (QED) is 0.711. The molecule has 1 atom stereocenters. The summed E-state index contributed by atoms with van der Waals surface area (Å²) < 4.78 is 5.05. The second kappa shape index (κ2) is 7.74. The molecule has 106 valence electrons. The Labute approximate surface area is 110 Å². The topological polar surface area (TPSA) is 58.6 Å². The van der Waals surface area contributed by atoms with Crippen LogP contribution in [0.2, 0.25) is 0 Å². The van der Waals surface area contributed by atoms with Crippen LogP contribution in [0.25, 0.3) is 0 Å². The van der Waals surface area contributed by atoms with Crippen LogP contribution < -0.4 is 5.32 Å². The van der Waals surface area contributed by atoms with Crippen LogP contribution in [0.3, 0.4) is 0 Å². The van der Waals surface area contributed by atoms with E-state index in [2.05, 4.69) is 5.32 Å². The van der Waals surface area contributed by atoms with Crippen molar-refractivity contribution in [3.8, 4) is 0 Å². The Bertz CT molecular complexity index is 247. The number of hydrogen-bond acceptors (Lipinski definition) is 4. The molecule has 0 aromatic carbocycles. The van der Waals surface area contributed by atoms with Crippen LogP contribution in [0.5, 0.6) is 0 Å². The predicted molar refractivity (Wildman–Crippen MR) is 71.2 cm³/mol. The van der Waals surface area contributed by atoms with Gasteiger partial charge in [0.2, 0.25) is 0 Å². The van der Waals surface area contributed by atoms with E-state index in [0.717, 1.165) is 25.7 Å². The highest BCUT2D eigenvalue weighted by molar-refractivity contribution is 5.72. The van der Waals surface area contributed by atoms with Gasteiger partial charge < -0.3 is 15.2 Å². The summed E-state index contributed by atoms with van der Waals surface area (Å²) in [6.07, 6.45) is 3.50. The lowest BCUT2D eigenvalue weighted by Crippen LogP contribution is -2.40. The summed E-state index contributed by atoms with van der Waals surface area (Å²) in [7, 11) is 0. The highest BCUT2D eigenvalue weighted by Crippen LogP contribution is 2.25. The van der Waals surface area contributed by atoms with E-state index in [-0.39, 0.29) is 23.9 Å². The summed E-state index contributed by atoms with van der Waals surface area (Å²) in [5.74, 6) is 0.324. The van der Waals surface area contributed by atoms with Gasteiger partial charge in [0.15, 0.2) is 0 Å². The molecule has 18 heavy (non-hydrogen) atoms. The fraction of sp³-hybridized carbons (Fsp3) is 0.929. The lowest BCUT2D eigenvalue weighted by atomic mass is 9.86. The maximum Gasteiger partial charge on any atom is 0.308 e. The Morgan fingerprint density at radius 1 is 1.33 bits per heavy atom. The Balaban J connectivity index is 2.21. The lowest BCUT2D eigenvalue weighted by Gasteiger charge is -2.29. The summed E-state index contributed by atoms with van der Waals surface area (Å²) >= 11 is 0. The normalized spacial score (nSPS) is 26.1. The molecule has 0 saturated heterocycles. The Kier molecular flexibility index (Phi) is 6.65. The molecule has 0 bridgehead atoms. The first-order valence-electron chi connectivity index (χ1n) is 7.12. The summed E-state index contributed by atoms with van der Waals surface area (Å²) in [6, 6.07) is 0.434. The zero-order valence-electron chi connectivity index (χ0n) is 11.8. The van der Waals surface area contributed by atoms with Gasteiger partial charge in [0.25, 0.3) is 0 Å². The first-order valence-corrected chi connectivity index (χ1v) is 7.12. The van der Waals surface area contributed by atoms with Crippen LogP contribution in [0.4, 0.5) is 0 Å². The van der Waals surface area contributed by atoms with Gasteiger partial charge in [0.1, 0.15) is 0 Å². The molecule has 0 radical (unpaired) electrons. The molecule has 1 aliphatic carbocycles. The third kappa shape index (κ3) is 4.94. The van der Waals surface area contributed by atoms with Crippen LogP contribution in [0.15, 0.2) is 0 Å². The van der Waals surface area contributed by atoms with Gasteiger partial charge in [-0.3, -0.25) is 4.79 Å². The minimum atomic E-state index is -0.284. The van der Waals surface area contributed by atoms with E-state index in [0.29, 0.717) is 19.2 Å². The Morgan fingerprint density at radius 2 is 1.94 bits per heavy atom. The van der Waals surface area contributed by atoms with Crippen molar-refractivity contribution in [2.24, 2.45) is 11.8 Å². The molecule has 4 heteroatoms. The van der Waals surface area contributed by atoms with Crippen molar-refractivity contribution in [3.05, 3.63) is 0 Å². The van der Waals surface area contributed by atoms with E-state index in [1.807, 2.05) is 20.8 Å². The van der Waals surface area contributed by atoms with E-state index in [9.17, 15) is 9.90 Å². The third-order valence-corrected chi connectivity index (χ3v) is 3.73. The lowest BCUT2D eigenvalue weighted by molar-refractivity contribution is -0.149. The van der Waals surface area contributed by atoms with E-state index < -0.39 is 0 Å². The number of ether oxygens (including phenoxy) is 1. The van der Waals surface area contributed by atoms with Gasteiger partial charge in [0.05, 0.1) is 18.6 Å². The maximum absolute atomic E-state index is 11.6. The number of hydrogen-bond donors (Lipinski definition) is 2. The second-order valence-corrected chi connectivity index (χ2v) is 5.52. The van der Waals surface area contributed by atoms with E-state index in [4.69, 9.17) is 4.74 Å². The van der Waals surface area contributed by atoms with Crippen molar-refractivity contribution in [2.75, 3.05) is 13.2 Å². The van der Waals surface area contributed by atoms with Crippen molar-refractivity contribution in [2.45, 2.75) is 58.6 Å². The largest absolute Gasteiger partial charge is 0.466 e. The van der Waals surface area contributed by atoms with Crippen molar-refractivity contribution >= 4 is 5.97 Å². The standard InChI is InChI=1S/C14H27NO3/c1-4-18-14(17)11-5-7-12(8-6-11)15-9-13(16)10(2)3/h10-13,15-16H,4-9H2,1-3H3. The smallest absolute Gasteiger partial charge is 0.308 e. The molecule has 0 aliphatic heterocycles. The zero-order valence-corrected chi connectivity index (χ0v) is 11.8. The van der Waals surface area contributed by atoms with Crippen molar-refractivity contribution in [3.63, 3.8) is 0 Å². The highest BCUT2D eigenvalue weighted by Gasteiger charge is 2.27. The Morgan fingerprint density at radius 3 is 2.44 bits per heavy atom. The van der Waals surface area contributed by atoms with E-state index >= 15 is 0 Å². The monoisotopic (exact) mass is 257 g/mol. The maximum atomic E-state index is 11.6. The SMILES string of the molecule is CCOC(=O)C1CCC(NCC(O)C(C)C)CC1. The Hall–Kier alpha value is -0.610. The van der Waals surface area contributed by atoms with Gasteiger partial charge in [-0.25, -0.2) is 0 Å². The number of nitrogens with one attached hydrogen (secondary N) is 1. The van der Waals surface area contributed by atoms with Crippen LogP contribution in [0.1, 0.15) is 46.5 Å². The van der Waals surface area contributed by atoms with Crippen LogP contribution in [-0.4, -0.2) is 36.4 Å². The van der Waals surface area contributed by atoms with E-state index in [1.165, 1.54) is 0 Å². The number of carbonyl (C=O) groups is 1. The molecule has 1 aliphatic rings. The van der Waals surface area contributed by atoms with E-state index in [1.54, 1.807) is 0 Å². The molecule has 2 N–H and O–H groups in total. The molecule has 0 heterocycles. The van der Waals surface area contributed by atoms with Gasteiger partial charge in [-0.05, 0) is 38.5 Å². The average Bonchev–Trinajstić information content (AvgIpc) is 2.36. The minimum Gasteiger partial charge on any atom is -0.466 e. The van der Waals surface area contributed by atoms with Crippen LogP contribution >= 0.6 is 0 Å². The molecule has 0 spiro atoms. The molecule has 4 nitrogen and oxygen atoms in total. The van der Waals surface area contributed by atoms with Gasteiger partial charge in [-0.2, -0.15) is 0 Å². The van der Waals surface area contributed by atoms with Crippen molar-refractivity contribution < 1.29 is 14.6 Å². The van der Waals surface area contributed by atoms with Crippen LogP contribution in [0, 0.1) is 11.8 Å². The molecule has 0 aromatic heterocycles. The fourth-order valence-electron chi connectivity index (χ4n) is 2.32. The van der Waals surface area contributed by atoms with Gasteiger partial charge in [-0.1, -0.05) is 13.8 Å². The molecule has 1 saturated carbocycles. The molecular formula is C14H27NO3. The predicted octanol–water partition coefficient (Wildman–Crippen LogP) is 1.71. The minimum absolute atomic E-state index is 0.0434. The van der Waals surface area contributed by atoms with Crippen molar-refractivity contribution in [1.29, 1.82) is 0 Å². The molecule has 1 unspecified atom stereocenters. The molecule has 0 amide bonds. The first kappa shape index (κ1) is 15.4. The summed E-state index contributed by atoms with van der Waals surface area (Å²) in [5, 5.41) is 13.1. The molecule has 0 aromatic rings.